The van der Waals surface area contributed by atoms with Gasteiger partial charge in [-0.3, -0.25) is 9.59 Å². The molecule has 2 aromatic carbocycles. The minimum Gasteiger partial charge on any atom is -0.494 e. The number of hydrogen-bond donors (Lipinski definition) is 2. The number of nitrogens with one attached hydrogen (secondary N) is 2. The van der Waals surface area contributed by atoms with Crippen LogP contribution in [-0.4, -0.2) is 43.6 Å². The minimum absolute atomic E-state index is 0.0468. The first kappa shape index (κ1) is 26.7. The Kier molecular flexibility index (Phi) is 8.85. The van der Waals surface area contributed by atoms with Gasteiger partial charge in [0.15, 0.2) is 0 Å². The molecule has 2 N–H and O–H groups in total. The summed E-state index contributed by atoms with van der Waals surface area (Å²) < 4.78 is 10.5. The van der Waals surface area contributed by atoms with Crippen LogP contribution in [0, 0.1) is 11.3 Å². The fraction of sp³-hybridized carbons (Fsp3) is 0.500. The summed E-state index contributed by atoms with van der Waals surface area (Å²) in [6.07, 6.45) is 6.45. The van der Waals surface area contributed by atoms with Crippen molar-refractivity contribution in [3.63, 3.8) is 0 Å². The summed E-state index contributed by atoms with van der Waals surface area (Å²) in [5.74, 6) is 0.524. The molecule has 0 heterocycles. The smallest absolute Gasteiger partial charge is 0.328 e. The average molecular weight is 507 g/mol. The van der Waals surface area contributed by atoms with E-state index >= 15 is 0 Å². The molecule has 2 atom stereocenters. The van der Waals surface area contributed by atoms with Gasteiger partial charge in [-0.15, -0.1) is 0 Å². The summed E-state index contributed by atoms with van der Waals surface area (Å²) in [5.41, 5.74) is 1.41. The van der Waals surface area contributed by atoms with Crippen LogP contribution in [0.1, 0.15) is 56.6 Å². The molecule has 3 aliphatic rings. The van der Waals surface area contributed by atoms with Crippen LogP contribution in [0.25, 0.3) is 0 Å². The summed E-state index contributed by atoms with van der Waals surface area (Å²) in [6, 6.07) is 15.3. The van der Waals surface area contributed by atoms with Gasteiger partial charge < -0.3 is 20.1 Å². The predicted octanol–water partition coefficient (Wildman–Crippen LogP) is 3.98. The van der Waals surface area contributed by atoms with Gasteiger partial charge in [0.05, 0.1) is 13.7 Å². The van der Waals surface area contributed by atoms with Gasteiger partial charge in [-0.25, -0.2) is 4.79 Å². The molecule has 2 aromatic rings. The molecule has 0 aliphatic heterocycles. The number of amides is 2. The number of fused-ring (bicyclic) bond motifs is 3. The first-order valence-electron chi connectivity index (χ1n) is 13.4. The van der Waals surface area contributed by atoms with Crippen molar-refractivity contribution in [1.82, 2.24) is 10.6 Å². The number of methoxy groups -OCH3 is 1. The maximum Gasteiger partial charge on any atom is 0.328 e. The van der Waals surface area contributed by atoms with Gasteiger partial charge in [0.1, 0.15) is 17.8 Å². The molecule has 3 aliphatic carbocycles. The molecule has 0 unspecified atom stereocenters. The lowest BCUT2D eigenvalue weighted by Crippen LogP contribution is -2.56. The molecule has 3 fully saturated rings. The van der Waals surface area contributed by atoms with Gasteiger partial charge in [-0.05, 0) is 74.6 Å². The van der Waals surface area contributed by atoms with E-state index in [9.17, 15) is 14.4 Å². The fourth-order valence-corrected chi connectivity index (χ4v) is 5.69. The van der Waals surface area contributed by atoms with E-state index in [2.05, 4.69) is 10.6 Å². The van der Waals surface area contributed by atoms with E-state index in [0.717, 1.165) is 61.3 Å². The fourth-order valence-electron chi connectivity index (χ4n) is 5.69. The first-order chi connectivity index (χ1) is 17.9. The molecule has 0 radical (unpaired) electrons. The summed E-state index contributed by atoms with van der Waals surface area (Å²) in [4.78, 5) is 39.8. The van der Waals surface area contributed by atoms with Gasteiger partial charge >= 0.3 is 5.97 Å². The van der Waals surface area contributed by atoms with Crippen molar-refractivity contribution in [3.8, 4) is 5.75 Å². The van der Waals surface area contributed by atoms with Crippen molar-refractivity contribution in [2.75, 3.05) is 13.7 Å². The van der Waals surface area contributed by atoms with E-state index in [1.165, 1.54) is 7.11 Å². The second-order valence-corrected chi connectivity index (χ2v) is 10.3. The maximum atomic E-state index is 13.6. The van der Waals surface area contributed by atoms with E-state index in [1.807, 2.05) is 61.5 Å². The minimum atomic E-state index is -0.858. The SMILES string of the molecule is CCOc1ccc(C[C@@H](NC(=O)C23CCC(CC2)CC3)C(=O)N[C@@H](Cc2ccccc2)C(=O)OC)cc1. The summed E-state index contributed by atoms with van der Waals surface area (Å²) >= 11 is 0. The van der Waals surface area contributed by atoms with E-state index in [1.54, 1.807) is 0 Å². The quantitative estimate of drug-likeness (QED) is 0.450. The van der Waals surface area contributed by atoms with Crippen LogP contribution in [0.15, 0.2) is 54.6 Å². The van der Waals surface area contributed by atoms with Crippen LogP contribution in [0.3, 0.4) is 0 Å². The Balaban J connectivity index is 1.52. The summed E-state index contributed by atoms with van der Waals surface area (Å²) in [7, 11) is 1.31. The Hall–Kier alpha value is -3.35. The topological polar surface area (TPSA) is 93.7 Å². The van der Waals surface area contributed by atoms with Gasteiger partial charge in [0, 0.05) is 18.3 Å². The third-order valence-electron chi connectivity index (χ3n) is 7.96. The molecule has 198 valence electrons. The summed E-state index contributed by atoms with van der Waals surface area (Å²) in [6.45, 7) is 2.49. The Morgan fingerprint density at radius 3 is 2.05 bits per heavy atom. The highest BCUT2D eigenvalue weighted by atomic mass is 16.5. The number of hydrogen-bond acceptors (Lipinski definition) is 5. The van der Waals surface area contributed by atoms with Gasteiger partial charge in [-0.2, -0.15) is 0 Å². The molecule has 7 heteroatoms. The molecule has 0 saturated heterocycles. The average Bonchev–Trinajstić information content (AvgIpc) is 2.94. The van der Waals surface area contributed by atoms with Crippen molar-refractivity contribution in [2.24, 2.45) is 11.3 Å². The Bertz CT molecular complexity index is 1050. The molecular weight excluding hydrogens is 468 g/mol. The molecule has 7 nitrogen and oxygen atoms in total. The molecule has 2 bridgehead atoms. The van der Waals surface area contributed by atoms with E-state index in [0.29, 0.717) is 19.4 Å². The number of rotatable bonds is 11. The third-order valence-corrected chi connectivity index (χ3v) is 7.96. The van der Waals surface area contributed by atoms with Gasteiger partial charge in [0.25, 0.3) is 0 Å². The molecular formula is C30H38N2O5. The number of carbonyl (C=O) groups excluding carboxylic acids is 3. The Morgan fingerprint density at radius 1 is 0.865 bits per heavy atom. The molecule has 3 saturated carbocycles. The highest BCUT2D eigenvalue weighted by Gasteiger charge is 2.46. The second kappa shape index (κ2) is 12.3. The van der Waals surface area contributed by atoms with Crippen LogP contribution < -0.4 is 15.4 Å². The van der Waals surface area contributed by atoms with E-state index in [4.69, 9.17) is 9.47 Å². The monoisotopic (exact) mass is 506 g/mol. The third kappa shape index (κ3) is 6.70. The number of carbonyl (C=O) groups is 3. The first-order valence-corrected chi connectivity index (χ1v) is 13.4. The lowest BCUT2D eigenvalue weighted by atomic mass is 9.60. The maximum absolute atomic E-state index is 13.6. The molecule has 5 rings (SSSR count). The zero-order valence-corrected chi connectivity index (χ0v) is 21.8. The zero-order chi connectivity index (χ0) is 26.3. The number of esters is 1. The van der Waals surface area contributed by atoms with E-state index < -0.39 is 29.4 Å². The Labute approximate surface area is 219 Å². The van der Waals surface area contributed by atoms with Crippen LogP contribution in [0.4, 0.5) is 0 Å². The molecule has 2 amide bonds. The van der Waals surface area contributed by atoms with Crippen molar-refractivity contribution in [2.45, 2.75) is 70.4 Å². The zero-order valence-electron chi connectivity index (χ0n) is 21.8. The van der Waals surface area contributed by atoms with Crippen molar-refractivity contribution < 1.29 is 23.9 Å². The van der Waals surface area contributed by atoms with E-state index in [-0.39, 0.29) is 5.91 Å². The number of benzene rings is 2. The van der Waals surface area contributed by atoms with Crippen LogP contribution in [0.2, 0.25) is 0 Å². The lowest BCUT2D eigenvalue weighted by Gasteiger charge is -2.45. The van der Waals surface area contributed by atoms with Gasteiger partial charge in [0.2, 0.25) is 11.8 Å². The largest absolute Gasteiger partial charge is 0.494 e. The molecule has 0 aromatic heterocycles. The van der Waals surface area contributed by atoms with Crippen LogP contribution in [0.5, 0.6) is 5.75 Å². The highest BCUT2D eigenvalue weighted by Crippen LogP contribution is 2.50. The van der Waals surface area contributed by atoms with Crippen LogP contribution >= 0.6 is 0 Å². The normalized spacial score (nSPS) is 21.9. The van der Waals surface area contributed by atoms with Crippen LogP contribution in [-0.2, 0) is 32.0 Å². The van der Waals surface area contributed by atoms with Crippen molar-refractivity contribution in [3.05, 3.63) is 65.7 Å². The molecule has 0 spiro atoms. The standard InChI is InChI=1S/C30H38N2O5/c1-3-37-24-11-9-23(10-12-24)19-25(32-29(35)30-16-13-21(14-17-30)15-18-30)27(33)31-26(28(34)36-2)20-22-7-5-4-6-8-22/h4-12,21,25-26H,3,13-20H2,1-2H3,(H,31,33)(H,32,35)/t21?,25-,26+,30?/m1/s1. The summed E-state index contributed by atoms with van der Waals surface area (Å²) in [5, 5.41) is 5.95. The second-order valence-electron chi connectivity index (χ2n) is 10.3. The number of ether oxygens (including phenoxy) is 2. The van der Waals surface area contributed by atoms with Crippen molar-refractivity contribution in [1.29, 1.82) is 0 Å². The highest BCUT2D eigenvalue weighted by molar-refractivity contribution is 5.92. The van der Waals surface area contributed by atoms with Crippen molar-refractivity contribution >= 4 is 17.8 Å². The van der Waals surface area contributed by atoms with Gasteiger partial charge in [-0.1, -0.05) is 42.5 Å². The predicted molar refractivity (Wildman–Crippen MR) is 141 cm³/mol. The lowest BCUT2D eigenvalue weighted by molar-refractivity contribution is -0.145. The molecule has 37 heavy (non-hydrogen) atoms. The Morgan fingerprint density at radius 2 is 1.46 bits per heavy atom.